The molecule has 1 aliphatic rings. The van der Waals surface area contributed by atoms with E-state index in [4.69, 9.17) is 38.7 Å². The van der Waals surface area contributed by atoms with Crippen LogP contribution < -0.4 is 5.32 Å². The van der Waals surface area contributed by atoms with Crippen LogP contribution in [0.15, 0.2) is 5.11 Å². The minimum Gasteiger partial charge on any atom is -0.465 e. The first kappa shape index (κ1) is 33.1. The van der Waals surface area contributed by atoms with Gasteiger partial charge in [-0.25, -0.2) is 4.79 Å². The van der Waals surface area contributed by atoms with Crippen molar-refractivity contribution < 1.29 is 61.9 Å². The molecule has 17 heteroatoms. The Hall–Kier alpha value is -3.95. The number of rotatable bonds is 13. The number of hydrogen-bond donors (Lipinski definition) is 1. The van der Waals surface area contributed by atoms with Gasteiger partial charge in [0.25, 0.3) is 5.79 Å². The van der Waals surface area contributed by atoms with Crippen LogP contribution in [0.3, 0.4) is 0 Å². The van der Waals surface area contributed by atoms with E-state index < -0.39 is 85.0 Å². The molecule has 6 atom stereocenters. The summed E-state index contributed by atoms with van der Waals surface area (Å²) in [6, 6.07) is -1.32. The van der Waals surface area contributed by atoms with Crippen LogP contribution >= 0.6 is 0 Å². The Morgan fingerprint density at radius 3 is 2.15 bits per heavy atom. The smallest absolute Gasteiger partial charge is 0.366 e. The van der Waals surface area contributed by atoms with Crippen LogP contribution in [-0.4, -0.2) is 98.9 Å². The maximum absolute atomic E-state index is 13.0. The van der Waals surface area contributed by atoms with Crippen LogP contribution in [0.4, 0.5) is 0 Å². The fourth-order valence-corrected chi connectivity index (χ4v) is 3.84. The molecule has 1 amide bonds. The van der Waals surface area contributed by atoms with Crippen molar-refractivity contribution in [2.45, 2.75) is 77.3 Å². The number of methoxy groups -OCH3 is 1. The van der Waals surface area contributed by atoms with Crippen molar-refractivity contribution in [3.05, 3.63) is 10.4 Å². The molecule has 0 aromatic heterocycles. The van der Waals surface area contributed by atoms with Crippen molar-refractivity contribution in [2.75, 3.05) is 26.9 Å². The van der Waals surface area contributed by atoms with E-state index in [0.29, 0.717) is 0 Å². The third kappa shape index (κ3) is 10.4. The molecule has 0 spiro atoms. The molecule has 0 radical (unpaired) electrons. The fourth-order valence-electron chi connectivity index (χ4n) is 3.84. The Morgan fingerprint density at radius 1 is 1.03 bits per heavy atom. The summed E-state index contributed by atoms with van der Waals surface area (Å²) < 4.78 is 37.5. The molecule has 1 saturated heterocycles. The fraction of sp³-hybridized carbons (Fsp3) is 0.727. The Labute approximate surface area is 223 Å². The summed E-state index contributed by atoms with van der Waals surface area (Å²) in [5.41, 5.74) is 8.56. The highest BCUT2D eigenvalue weighted by molar-refractivity contribution is 5.79. The summed E-state index contributed by atoms with van der Waals surface area (Å²) in [4.78, 5) is 75.3. The predicted octanol–water partition coefficient (Wildman–Crippen LogP) is -0.166. The standard InChI is InChI=1S/C22H32N4O13/c1-11(27)25-18-16(36-13(3)29)9-22(21(32)33-6,35-8-7-24-26-23)39-20(18)19(38-15(5)31)17(37-14(4)30)10-34-12(2)28/h16-20H,7-10H2,1-6H3,(H,25,27)/t16-,17+,18+,19+,20+,22+/m0/s1. The van der Waals surface area contributed by atoms with Crippen LogP contribution in [0.1, 0.15) is 41.0 Å². The molecular weight excluding hydrogens is 528 g/mol. The minimum absolute atomic E-state index is 0.244. The lowest BCUT2D eigenvalue weighted by atomic mass is 9.88. The molecule has 0 bridgehead atoms. The maximum atomic E-state index is 13.0. The number of carbonyl (C=O) groups excluding carboxylic acids is 6. The Bertz CT molecular complexity index is 983. The normalized spacial score (nSPS) is 23.6. The molecule has 0 unspecified atom stereocenters. The first-order valence-electron chi connectivity index (χ1n) is 11.6. The predicted molar refractivity (Wildman–Crippen MR) is 125 cm³/mol. The molecule has 1 fully saturated rings. The van der Waals surface area contributed by atoms with Gasteiger partial charge in [0.05, 0.1) is 26.2 Å². The highest BCUT2D eigenvalue weighted by Gasteiger charge is 2.59. The Morgan fingerprint density at radius 2 is 1.67 bits per heavy atom. The molecule has 0 saturated carbocycles. The second kappa shape index (κ2) is 15.5. The second-order valence-corrected chi connectivity index (χ2v) is 8.23. The van der Waals surface area contributed by atoms with Crippen molar-refractivity contribution in [2.24, 2.45) is 5.11 Å². The summed E-state index contributed by atoms with van der Waals surface area (Å²) in [6.07, 6.45) is -6.69. The molecule has 218 valence electrons. The average Bonchev–Trinajstić information content (AvgIpc) is 2.83. The largest absolute Gasteiger partial charge is 0.465 e. The third-order valence-corrected chi connectivity index (χ3v) is 5.08. The zero-order chi connectivity index (χ0) is 29.8. The molecule has 39 heavy (non-hydrogen) atoms. The van der Waals surface area contributed by atoms with Gasteiger partial charge in [0.15, 0.2) is 12.2 Å². The number of nitrogens with zero attached hydrogens (tertiary/aromatic N) is 3. The van der Waals surface area contributed by atoms with Gasteiger partial charge in [0.2, 0.25) is 5.91 Å². The maximum Gasteiger partial charge on any atom is 0.366 e. The van der Waals surface area contributed by atoms with E-state index in [1.54, 1.807) is 0 Å². The van der Waals surface area contributed by atoms with E-state index in [9.17, 15) is 28.8 Å². The Kier molecular flexibility index (Phi) is 13.1. The summed E-state index contributed by atoms with van der Waals surface area (Å²) in [6.45, 7) is 4.12. The van der Waals surface area contributed by atoms with E-state index in [1.165, 1.54) is 0 Å². The van der Waals surface area contributed by atoms with Gasteiger partial charge >= 0.3 is 29.8 Å². The van der Waals surface area contributed by atoms with Gasteiger partial charge < -0.3 is 38.5 Å². The van der Waals surface area contributed by atoms with E-state index in [2.05, 4.69) is 15.3 Å². The highest BCUT2D eigenvalue weighted by atomic mass is 16.7. The summed E-state index contributed by atoms with van der Waals surface area (Å²) >= 11 is 0. The molecule has 1 aliphatic heterocycles. The van der Waals surface area contributed by atoms with Crippen molar-refractivity contribution in [1.82, 2.24) is 5.32 Å². The first-order chi connectivity index (χ1) is 18.3. The lowest BCUT2D eigenvalue weighted by Crippen LogP contribution is -2.69. The van der Waals surface area contributed by atoms with Crippen molar-refractivity contribution in [1.29, 1.82) is 0 Å². The van der Waals surface area contributed by atoms with Crippen molar-refractivity contribution in [3.8, 4) is 0 Å². The molecule has 0 aromatic rings. The number of amides is 1. The van der Waals surface area contributed by atoms with E-state index in [-0.39, 0.29) is 13.2 Å². The van der Waals surface area contributed by atoms with Gasteiger partial charge in [-0.15, -0.1) is 0 Å². The van der Waals surface area contributed by atoms with Gasteiger partial charge in [-0.05, 0) is 5.53 Å². The van der Waals surface area contributed by atoms with Crippen LogP contribution in [-0.2, 0) is 61.9 Å². The Balaban J connectivity index is 3.80. The van der Waals surface area contributed by atoms with Crippen LogP contribution in [0.5, 0.6) is 0 Å². The number of nitrogens with one attached hydrogen (secondary N) is 1. The van der Waals surface area contributed by atoms with Gasteiger partial charge in [-0.1, -0.05) is 5.11 Å². The summed E-state index contributed by atoms with van der Waals surface area (Å²) in [5.74, 6) is -7.45. The molecule has 0 aromatic carbocycles. The quantitative estimate of drug-likeness (QED) is 0.0771. The van der Waals surface area contributed by atoms with E-state index in [0.717, 1.165) is 41.7 Å². The number of azide groups is 1. The number of hydrogen-bond acceptors (Lipinski definition) is 14. The van der Waals surface area contributed by atoms with Crippen LogP contribution in [0.2, 0.25) is 0 Å². The average molecular weight is 561 g/mol. The summed E-state index contributed by atoms with van der Waals surface area (Å²) in [5, 5.41) is 5.85. The molecule has 1 N–H and O–H groups in total. The van der Waals surface area contributed by atoms with Gasteiger partial charge in [0.1, 0.15) is 18.8 Å². The summed E-state index contributed by atoms with van der Waals surface area (Å²) in [7, 11) is 1.02. The molecular formula is C22H32N4O13. The van der Waals surface area contributed by atoms with Gasteiger partial charge in [-0.2, -0.15) is 0 Å². The van der Waals surface area contributed by atoms with E-state index >= 15 is 0 Å². The lowest BCUT2D eigenvalue weighted by molar-refractivity contribution is -0.313. The number of esters is 5. The SMILES string of the molecule is COC(=O)[C@@]1(OCCN=[N+]=[N-])C[C@H](OC(C)=O)[C@@H](NC(C)=O)[C@H]([C@H](OC(C)=O)[C@@H](COC(C)=O)OC(C)=O)O1. The number of carbonyl (C=O) groups is 6. The zero-order valence-corrected chi connectivity index (χ0v) is 22.4. The van der Waals surface area contributed by atoms with E-state index in [1.807, 2.05) is 0 Å². The monoisotopic (exact) mass is 560 g/mol. The minimum atomic E-state index is -2.35. The van der Waals surface area contributed by atoms with Crippen LogP contribution in [0.25, 0.3) is 10.4 Å². The van der Waals surface area contributed by atoms with Crippen molar-refractivity contribution >= 4 is 35.8 Å². The highest BCUT2D eigenvalue weighted by Crippen LogP contribution is 2.37. The first-order valence-corrected chi connectivity index (χ1v) is 11.6. The zero-order valence-electron chi connectivity index (χ0n) is 22.4. The second-order valence-electron chi connectivity index (χ2n) is 8.23. The molecule has 1 rings (SSSR count). The van der Waals surface area contributed by atoms with Crippen LogP contribution in [0, 0.1) is 0 Å². The topological polar surface area (TPSA) is 228 Å². The lowest BCUT2D eigenvalue weighted by Gasteiger charge is -2.48. The van der Waals surface area contributed by atoms with Gasteiger partial charge in [-0.3, -0.25) is 24.0 Å². The number of ether oxygens (including phenoxy) is 7. The van der Waals surface area contributed by atoms with Crippen molar-refractivity contribution in [3.63, 3.8) is 0 Å². The molecule has 0 aliphatic carbocycles. The third-order valence-electron chi connectivity index (χ3n) is 5.08. The molecule has 1 heterocycles. The van der Waals surface area contributed by atoms with Gasteiger partial charge in [0, 0.05) is 46.1 Å². The molecule has 17 nitrogen and oxygen atoms in total.